The summed E-state index contributed by atoms with van der Waals surface area (Å²) in [5.74, 6) is 0.612. The molecule has 0 heteroatoms. The van der Waals surface area contributed by atoms with E-state index in [1.165, 1.54) is 73.6 Å². The molecule has 0 nitrogen and oxygen atoms in total. The summed E-state index contributed by atoms with van der Waals surface area (Å²) in [4.78, 5) is 0. The second-order valence-electron chi connectivity index (χ2n) is 8.87. The normalized spacial score (nSPS) is 13.7. The molecule has 27 heavy (non-hydrogen) atoms. The van der Waals surface area contributed by atoms with E-state index in [-0.39, 0.29) is 0 Å². The van der Waals surface area contributed by atoms with Crippen molar-refractivity contribution in [3.63, 3.8) is 0 Å². The van der Waals surface area contributed by atoms with Crippen LogP contribution >= 0.6 is 0 Å². The highest BCUT2D eigenvalue weighted by Crippen LogP contribution is 2.38. The molecule has 0 bridgehead atoms. The summed E-state index contributed by atoms with van der Waals surface area (Å²) in [5, 5.41) is 0. The molecule has 0 saturated carbocycles. The molecule has 2 aromatic rings. The summed E-state index contributed by atoms with van der Waals surface area (Å²) in [6, 6.07) is 18.6. The van der Waals surface area contributed by atoms with Crippen molar-refractivity contribution >= 4 is 0 Å². The van der Waals surface area contributed by atoms with Crippen LogP contribution in [0.2, 0.25) is 0 Å². The van der Waals surface area contributed by atoms with E-state index < -0.39 is 0 Å². The van der Waals surface area contributed by atoms with Crippen molar-refractivity contribution in [2.24, 2.45) is 5.41 Å². The van der Waals surface area contributed by atoms with Gasteiger partial charge in [0.15, 0.2) is 0 Å². The fourth-order valence-electron chi connectivity index (χ4n) is 4.15. The van der Waals surface area contributed by atoms with Gasteiger partial charge >= 0.3 is 0 Å². The van der Waals surface area contributed by atoms with Crippen LogP contribution in [0, 0.1) is 12.3 Å². The molecule has 0 aliphatic heterocycles. The molecule has 0 N–H and O–H groups in total. The maximum absolute atomic E-state index is 2.41. The molecule has 0 aliphatic rings. The van der Waals surface area contributed by atoms with Crippen molar-refractivity contribution in [2.75, 3.05) is 0 Å². The Bertz CT molecular complexity index is 647. The number of benzene rings is 2. The molecule has 0 spiro atoms. The van der Waals surface area contributed by atoms with Crippen molar-refractivity contribution in [1.29, 1.82) is 0 Å². The Morgan fingerprint density at radius 3 is 1.96 bits per heavy atom. The van der Waals surface area contributed by atoms with E-state index >= 15 is 0 Å². The number of hydrogen-bond donors (Lipinski definition) is 0. The van der Waals surface area contributed by atoms with Gasteiger partial charge in [-0.1, -0.05) is 107 Å². The van der Waals surface area contributed by atoms with E-state index in [2.05, 4.69) is 83.1 Å². The van der Waals surface area contributed by atoms with Crippen molar-refractivity contribution < 1.29 is 0 Å². The largest absolute Gasteiger partial charge is 0.0654 e. The van der Waals surface area contributed by atoms with Crippen LogP contribution in [0.15, 0.2) is 48.5 Å². The third kappa shape index (κ3) is 6.83. The molecule has 0 fully saturated rings. The molecule has 1 atom stereocenters. The molecule has 0 aliphatic carbocycles. The second-order valence-corrected chi connectivity index (χ2v) is 8.87. The zero-order valence-corrected chi connectivity index (χ0v) is 18.4. The lowest BCUT2D eigenvalue weighted by Gasteiger charge is -2.34. The van der Waals surface area contributed by atoms with Gasteiger partial charge in [-0.3, -0.25) is 0 Å². The molecule has 2 aromatic carbocycles. The van der Waals surface area contributed by atoms with Gasteiger partial charge in [0.1, 0.15) is 0 Å². The van der Waals surface area contributed by atoms with Gasteiger partial charge in [0.05, 0.1) is 0 Å². The SMILES string of the molecule is CCCCCC(CC)(CCc1ccc(C)cc1)Cc1ccc(C(C)C)cc1. The Morgan fingerprint density at radius 1 is 0.778 bits per heavy atom. The Hall–Kier alpha value is -1.56. The summed E-state index contributed by atoms with van der Waals surface area (Å²) in [7, 11) is 0. The molecule has 1 unspecified atom stereocenters. The van der Waals surface area contributed by atoms with Crippen LogP contribution in [0.25, 0.3) is 0 Å². The minimum atomic E-state index is 0.430. The summed E-state index contributed by atoms with van der Waals surface area (Å²) in [5.41, 5.74) is 6.24. The summed E-state index contributed by atoms with van der Waals surface area (Å²) in [6.45, 7) is 11.4. The van der Waals surface area contributed by atoms with E-state index in [9.17, 15) is 0 Å². The summed E-state index contributed by atoms with van der Waals surface area (Å²) in [6.07, 6.45) is 10.4. The maximum Gasteiger partial charge on any atom is -0.0219 e. The lowest BCUT2D eigenvalue weighted by Crippen LogP contribution is -2.24. The minimum absolute atomic E-state index is 0.430. The van der Waals surface area contributed by atoms with Crippen LogP contribution < -0.4 is 0 Å². The third-order valence-electron chi connectivity index (χ3n) is 6.35. The Kier molecular flexibility index (Phi) is 8.61. The molecular weight excluding hydrogens is 324 g/mol. The van der Waals surface area contributed by atoms with E-state index in [1.807, 2.05) is 0 Å². The van der Waals surface area contributed by atoms with Crippen molar-refractivity contribution in [3.8, 4) is 0 Å². The quantitative estimate of drug-likeness (QED) is 0.352. The van der Waals surface area contributed by atoms with Crippen molar-refractivity contribution in [3.05, 3.63) is 70.8 Å². The first-order valence-electron chi connectivity index (χ1n) is 11.1. The topological polar surface area (TPSA) is 0 Å². The Labute approximate surface area is 168 Å². The molecule has 148 valence electrons. The molecule has 0 aromatic heterocycles. The average Bonchev–Trinajstić information content (AvgIpc) is 2.68. The van der Waals surface area contributed by atoms with Crippen LogP contribution in [-0.2, 0) is 12.8 Å². The Balaban J connectivity index is 2.13. The van der Waals surface area contributed by atoms with E-state index in [4.69, 9.17) is 0 Å². The highest BCUT2D eigenvalue weighted by atomic mass is 14.3. The van der Waals surface area contributed by atoms with Crippen LogP contribution in [0.4, 0.5) is 0 Å². The van der Waals surface area contributed by atoms with Crippen LogP contribution in [0.1, 0.15) is 94.4 Å². The van der Waals surface area contributed by atoms with Gasteiger partial charge in [-0.25, -0.2) is 0 Å². The van der Waals surface area contributed by atoms with E-state index in [0.29, 0.717) is 11.3 Å². The maximum atomic E-state index is 2.41. The zero-order valence-electron chi connectivity index (χ0n) is 18.4. The minimum Gasteiger partial charge on any atom is -0.0654 e. The standard InChI is InChI=1S/C27H40/c1-6-8-9-19-27(7-2,20-18-24-12-10-23(5)11-13-24)21-25-14-16-26(17-15-25)22(3)4/h10-17,22H,6-9,18-21H2,1-5H3. The molecule has 0 amide bonds. The lowest BCUT2D eigenvalue weighted by atomic mass is 9.71. The van der Waals surface area contributed by atoms with Crippen molar-refractivity contribution in [2.45, 2.75) is 91.9 Å². The molecule has 0 radical (unpaired) electrons. The van der Waals surface area contributed by atoms with Gasteiger partial charge in [-0.2, -0.15) is 0 Å². The predicted octanol–water partition coefficient (Wildman–Crippen LogP) is 8.27. The number of aryl methyl sites for hydroxylation is 2. The lowest BCUT2D eigenvalue weighted by molar-refractivity contribution is 0.218. The smallest absolute Gasteiger partial charge is 0.0219 e. The predicted molar refractivity (Wildman–Crippen MR) is 121 cm³/mol. The van der Waals surface area contributed by atoms with Crippen molar-refractivity contribution in [1.82, 2.24) is 0 Å². The molecule has 0 heterocycles. The van der Waals surface area contributed by atoms with Gasteiger partial charge in [0, 0.05) is 0 Å². The second kappa shape index (κ2) is 10.7. The number of hydrogen-bond acceptors (Lipinski definition) is 0. The number of rotatable bonds is 11. The highest BCUT2D eigenvalue weighted by molar-refractivity contribution is 5.26. The van der Waals surface area contributed by atoms with Gasteiger partial charge < -0.3 is 0 Å². The first-order chi connectivity index (χ1) is 13.0. The van der Waals surface area contributed by atoms with Gasteiger partial charge in [0.2, 0.25) is 0 Å². The van der Waals surface area contributed by atoms with E-state index in [1.54, 1.807) is 0 Å². The van der Waals surface area contributed by atoms with Gasteiger partial charge in [-0.05, 0) is 60.6 Å². The first-order valence-corrected chi connectivity index (χ1v) is 11.1. The van der Waals surface area contributed by atoms with E-state index in [0.717, 1.165) is 0 Å². The van der Waals surface area contributed by atoms with Crippen LogP contribution in [0.3, 0.4) is 0 Å². The van der Waals surface area contributed by atoms with Crippen LogP contribution in [-0.4, -0.2) is 0 Å². The molecule has 2 rings (SSSR count). The average molecular weight is 365 g/mol. The number of unbranched alkanes of at least 4 members (excludes halogenated alkanes) is 2. The molecule has 0 saturated heterocycles. The highest BCUT2D eigenvalue weighted by Gasteiger charge is 2.27. The summed E-state index contributed by atoms with van der Waals surface area (Å²) >= 11 is 0. The zero-order chi connectivity index (χ0) is 19.7. The fourth-order valence-corrected chi connectivity index (χ4v) is 4.15. The molecular formula is C27H40. The van der Waals surface area contributed by atoms with Gasteiger partial charge in [0.25, 0.3) is 0 Å². The monoisotopic (exact) mass is 364 g/mol. The first kappa shape index (κ1) is 21.7. The Morgan fingerprint density at radius 2 is 1.41 bits per heavy atom. The fraction of sp³-hybridized carbons (Fsp3) is 0.556. The van der Waals surface area contributed by atoms with Crippen LogP contribution in [0.5, 0.6) is 0 Å². The third-order valence-corrected chi connectivity index (χ3v) is 6.35. The summed E-state index contributed by atoms with van der Waals surface area (Å²) < 4.78 is 0. The van der Waals surface area contributed by atoms with Gasteiger partial charge in [-0.15, -0.1) is 0 Å².